The molecule has 0 aliphatic carbocycles. The van der Waals surface area contributed by atoms with Crippen LogP contribution in [0.15, 0.2) is 237 Å². The van der Waals surface area contributed by atoms with E-state index in [1.165, 1.54) is 15.3 Å². The van der Waals surface area contributed by atoms with Gasteiger partial charge < -0.3 is 22.1 Å². The van der Waals surface area contributed by atoms with Gasteiger partial charge >= 0.3 is 8.80 Å². The van der Waals surface area contributed by atoms with Crippen molar-refractivity contribution in [1.29, 1.82) is 0 Å². The van der Waals surface area contributed by atoms with E-state index in [-0.39, 0.29) is 0 Å². The first kappa shape index (κ1) is 66.9. The Morgan fingerprint density at radius 3 is 0.879 bits per heavy atom. The molecule has 0 spiro atoms. The van der Waals surface area contributed by atoms with Crippen LogP contribution in [0.5, 0.6) is 0 Å². The zero-order valence-electron chi connectivity index (χ0n) is 54.2. The standard InChI is InChI=1S/C46H48O2Si2.C36H34O3SSi/c1-7-33-49(34-8-2,47-11-5)39-27-21-37(22-28-39)25-31-45-41-17-13-15-19-43(41)46(44-20-16-14-18-42(44)45)32-26-38-23-29-40(30-24-38)50(35-9-3,36-10-4)48-12-6;1-37-41(38-2,39-3)30-23-17-28(18-24-30)20-26-36-33-13-9-7-11-31(33)35(32-12-8-10-14-34(32)36)25-19-27-15-21-29(22-16-27)40(4,5)6/h7-9,13-24,27-30H,1-3,10-12,33-36H2,4-6H3;7-18,21-24H,1-6H3. The highest BCUT2D eigenvalue weighted by molar-refractivity contribution is 8.32. The summed E-state index contributed by atoms with van der Waals surface area (Å²) in [7, 11) is -3.14. The number of allylic oxidation sites excluding steroid dienone is 3. The van der Waals surface area contributed by atoms with E-state index in [1.807, 2.05) is 42.5 Å². The lowest BCUT2D eigenvalue weighted by molar-refractivity contribution is 0.140. The minimum atomic E-state index is -2.89. The van der Waals surface area contributed by atoms with Crippen molar-refractivity contribution in [3.8, 4) is 47.4 Å². The van der Waals surface area contributed by atoms with Crippen LogP contribution in [0.1, 0.15) is 71.7 Å². The van der Waals surface area contributed by atoms with Crippen molar-refractivity contribution >= 4 is 94.1 Å². The molecule has 10 rings (SSSR count). The van der Waals surface area contributed by atoms with E-state index in [2.05, 4.69) is 276 Å². The van der Waals surface area contributed by atoms with E-state index in [4.69, 9.17) is 22.1 Å². The van der Waals surface area contributed by atoms with Crippen LogP contribution in [-0.2, 0) is 22.1 Å². The molecule has 0 saturated heterocycles. The molecule has 91 heavy (non-hydrogen) atoms. The molecular weight excluding hydrogens is 1180 g/mol. The summed E-state index contributed by atoms with van der Waals surface area (Å²) in [5, 5.41) is 12.3. The largest absolute Gasteiger partial charge is 0.536 e. The lowest BCUT2D eigenvalue weighted by Gasteiger charge is -2.30. The number of fused-ring (bicyclic) bond motifs is 4. The van der Waals surface area contributed by atoms with Crippen LogP contribution in [0.4, 0.5) is 0 Å². The summed E-state index contributed by atoms with van der Waals surface area (Å²) in [4.78, 5) is 1.38. The second-order valence-corrected chi connectivity index (χ2v) is 37.5. The van der Waals surface area contributed by atoms with Gasteiger partial charge in [0.1, 0.15) is 0 Å². The number of hydrogen-bond donors (Lipinski definition) is 0. The molecule has 0 aromatic heterocycles. The summed E-state index contributed by atoms with van der Waals surface area (Å²) in [5.74, 6) is 27.9. The molecule has 0 amide bonds. The quantitative estimate of drug-likeness (QED) is 0.0349. The Morgan fingerprint density at radius 1 is 0.352 bits per heavy atom. The molecule has 9 heteroatoms. The van der Waals surface area contributed by atoms with Crippen LogP contribution in [-0.4, -0.2) is 78.7 Å². The molecule has 5 nitrogen and oxygen atoms in total. The average molecular weight is 1260 g/mol. The number of benzene rings is 10. The fourth-order valence-corrected chi connectivity index (χ4v) is 21.9. The van der Waals surface area contributed by atoms with Gasteiger partial charge in [0.2, 0.25) is 16.6 Å². The topological polar surface area (TPSA) is 46.2 Å². The minimum Gasteiger partial charge on any atom is -0.412 e. The predicted molar refractivity (Wildman–Crippen MR) is 397 cm³/mol. The third-order valence-electron chi connectivity index (χ3n) is 16.5. The molecule has 0 aliphatic heterocycles. The predicted octanol–water partition coefficient (Wildman–Crippen LogP) is 17.1. The highest BCUT2D eigenvalue weighted by Gasteiger charge is 2.41. The van der Waals surface area contributed by atoms with Gasteiger partial charge in [-0.3, -0.25) is 0 Å². The second-order valence-electron chi connectivity index (χ2n) is 23.0. The monoisotopic (exact) mass is 1260 g/mol. The lowest BCUT2D eigenvalue weighted by Crippen LogP contribution is -2.54. The van der Waals surface area contributed by atoms with Crippen molar-refractivity contribution in [3.63, 3.8) is 0 Å². The Labute approximate surface area is 546 Å². The molecule has 0 saturated carbocycles. The Morgan fingerprint density at radius 2 is 0.615 bits per heavy atom. The molecule has 10 aromatic rings. The highest BCUT2D eigenvalue weighted by Crippen LogP contribution is 2.45. The van der Waals surface area contributed by atoms with Gasteiger partial charge in [0.05, 0.1) is 0 Å². The van der Waals surface area contributed by atoms with Crippen LogP contribution >= 0.6 is 10.0 Å². The lowest BCUT2D eigenvalue weighted by atomic mass is 9.92. The first-order valence-corrected chi connectivity index (χ1v) is 40.3. The van der Waals surface area contributed by atoms with Crippen molar-refractivity contribution in [2.45, 2.75) is 56.3 Å². The molecule has 458 valence electrons. The van der Waals surface area contributed by atoms with Crippen LogP contribution in [0.3, 0.4) is 0 Å². The molecule has 0 aliphatic rings. The SMILES string of the molecule is C=CC[Si](CC=C)(OCC)c1ccc(C#Cc2c3ccccc3c(C#Cc3ccc([Si](CC=C)(CCC)OCC)cc3)c3ccccc23)cc1.CO[Si](OC)(OC)c1ccc(C#Cc2c3ccccc3c(C#Cc3ccc(S(C)(C)C)cc3)c3ccccc23)cc1. The fraction of sp³-hybridized carbons (Fsp3) is 0.195. The molecule has 10 aromatic carbocycles. The van der Waals surface area contributed by atoms with Gasteiger partial charge in [-0.25, -0.2) is 10.0 Å². The van der Waals surface area contributed by atoms with E-state index in [0.717, 1.165) is 130 Å². The number of hydrogen-bond acceptors (Lipinski definition) is 5. The summed E-state index contributed by atoms with van der Waals surface area (Å²) in [6, 6.07) is 71.4. The van der Waals surface area contributed by atoms with Crippen molar-refractivity contribution in [2.75, 3.05) is 53.3 Å². The summed E-state index contributed by atoms with van der Waals surface area (Å²) in [5.41, 5.74) is 7.93. The Kier molecular flexibility index (Phi) is 22.8. The zero-order chi connectivity index (χ0) is 64.4. The van der Waals surface area contributed by atoms with Crippen LogP contribution in [0.2, 0.25) is 24.2 Å². The molecule has 1 atom stereocenters. The van der Waals surface area contributed by atoms with E-state index in [9.17, 15) is 0 Å². The van der Waals surface area contributed by atoms with Gasteiger partial charge in [-0.15, -0.1) is 19.7 Å². The molecule has 0 radical (unpaired) electrons. The molecule has 0 heterocycles. The van der Waals surface area contributed by atoms with Gasteiger partial charge in [0.25, 0.3) is 0 Å². The Hall–Kier alpha value is -8.50. The first-order valence-electron chi connectivity index (χ1n) is 31.1. The van der Waals surface area contributed by atoms with E-state index >= 15 is 0 Å². The maximum atomic E-state index is 6.48. The van der Waals surface area contributed by atoms with Gasteiger partial charge in [-0.2, -0.15) is 0 Å². The molecule has 0 bridgehead atoms. The molecule has 0 fully saturated rings. The average Bonchev–Trinajstić information content (AvgIpc) is 0.775. The summed E-state index contributed by atoms with van der Waals surface area (Å²) < 4.78 is 29.7. The maximum absolute atomic E-state index is 6.48. The number of rotatable bonds is 19. The van der Waals surface area contributed by atoms with Gasteiger partial charge in [-0.1, -0.05) is 212 Å². The second kappa shape index (κ2) is 31.0. The van der Waals surface area contributed by atoms with Crippen molar-refractivity contribution in [1.82, 2.24) is 0 Å². The molecule has 1 unspecified atom stereocenters. The van der Waals surface area contributed by atoms with E-state index < -0.39 is 35.5 Å². The minimum absolute atomic E-state index is 0.675. The van der Waals surface area contributed by atoms with E-state index in [0.29, 0.717) is 6.61 Å². The van der Waals surface area contributed by atoms with Crippen LogP contribution < -0.4 is 15.6 Å². The van der Waals surface area contributed by atoms with Crippen molar-refractivity contribution < 1.29 is 22.1 Å². The van der Waals surface area contributed by atoms with Crippen LogP contribution in [0.25, 0.3) is 43.1 Å². The summed E-state index contributed by atoms with van der Waals surface area (Å²) in [6.45, 7) is 19.8. The third-order valence-corrected chi connectivity index (χ3v) is 29.5. The van der Waals surface area contributed by atoms with E-state index in [1.54, 1.807) is 21.3 Å². The first-order chi connectivity index (χ1) is 44.3. The Bertz CT molecular complexity index is 4360. The van der Waals surface area contributed by atoms with Gasteiger partial charge in [-0.05, 0) is 176 Å². The van der Waals surface area contributed by atoms with Gasteiger partial charge in [0.15, 0.2) is 0 Å². The normalized spacial score (nSPS) is 12.1. The van der Waals surface area contributed by atoms with Gasteiger partial charge in [0, 0.05) is 84.2 Å². The summed E-state index contributed by atoms with van der Waals surface area (Å²) in [6.07, 6.45) is 14.0. The fourth-order valence-electron chi connectivity index (χ4n) is 12.1. The summed E-state index contributed by atoms with van der Waals surface area (Å²) >= 11 is 0. The maximum Gasteiger partial charge on any atom is 0.536 e. The smallest absolute Gasteiger partial charge is 0.412 e. The highest BCUT2D eigenvalue weighted by atomic mass is 32.3. The zero-order valence-corrected chi connectivity index (χ0v) is 58.0. The Balaban J connectivity index is 0.000000219. The molecular formula is C82H82O5SSi3. The molecule has 0 N–H and O–H groups in total. The third kappa shape index (κ3) is 15.1. The van der Waals surface area contributed by atoms with Crippen molar-refractivity contribution in [3.05, 3.63) is 277 Å². The van der Waals surface area contributed by atoms with Crippen LogP contribution in [0, 0.1) is 47.4 Å². The van der Waals surface area contributed by atoms with Crippen molar-refractivity contribution in [2.24, 2.45) is 0 Å².